The van der Waals surface area contributed by atoms with Crippen LogP contribution in [0.2, 0.25) is 0 Å². The van der Waals surface area contributed by atoms with E-state index in [0.29, 0.717) is 6.54 Å². The quantitative estimate of drug-likeness (QED) is 0.153. The van der Waals surface area contributed by atoms with Crippen LogP contribution < -0.4 is 28.0 Å². The molecule has 0 amide bonds. The number of hydrazone groups is 1. The smallest absolute Gasteiger partial charge is 0.153 e. The van der Waals surface area contributed by atoms with Crippen molar-refractivity contribution in [2.45, 2.75) is 11.4 Å². The predicted octanol–water partition coefficient (Wildman–Crippen LogP) is 1.41. The van der Waals surface area contributed by atoms with Gasteiger partial charge in [0.2, 0.25) is 0 Å². The molecule has 9 N–H and O–H groups in total. The molecule has 3 aromatic rings. The van der Waals surface area contributed by atoms with E-state index < -0.39 is 0 Å². The Morgan fingerprint density at radius 3 is 2.76 bits per heavy atom. The van der Waals surface area contributed by atoms with E-state index in [-0.39, 0.29) is 5.84 Å². The first-order valence-corrected chi connectivity index (χ1v) is 8.44. The summed E-state index contributed by atoms with van der Waals surface area (Å²) in [6, 6.07) is 13.8. The van der Waals surface area contributed by atoms with Gasteiger partial charge in [-0.1, -0.05) is 24.3 Å². The molecule has 0 aliphatic rings. The van der Waals surface area contributed by atoms with E-state index in [1.807, 2.05) is 36.4 Å². The van der Waals surface area contributed by atoms with E-state index in [2.05, 4.69) is 21.7 Å². The van der Waals surface area contributed by atoms with Crippen molar-refractivity contribution in [1.82, 2.24) is 10.5 Å². The highest BCUT2D eigenvalue weighted by Gasteiger charge is 2.14. The maximum atomic E-state index is 6.09. The lowest BCUT2D eigenvalue weighted by Gasteiger charge is -2.14. The Morgan fingerprint density at radius 2 is 2.04 bits per heavy atom. The van der Waals surface area contributed by atoms with E-state index in [0.717, 1.165) is 50.0 Å². The second-order valence-electron chi connectivity index (χ2n) is 5.32. The van der Waals surface area contributed by atoms with Crippen LogP contribution in [0.25, 0.3) is 21.9 Å². The van der Waals surface area contributed by atoms with Gasteiger partial charge in [-0.2, -0.15) is 0 Å². The molecule has 0 spiro atoms. The van der Waals surface area contributed by atoms with Gasteiger partial charge < -0.3 is 11.5 Å². The molecule has 1 aromatic heterocycles. The first-order chi connectivity index (χ1) is 12.2. The summed E-state index contributed by atoms with van der Waals surface area (Å²) >= 11 is 1.11. The standard InChI is InChI=1S/C17H19N7S/c18-9-14-12-5-4-10(8-11(12)6-7-22-14)13-2-1-3-15(25-21)16(13)17(19)23-24-20/h1-8,24H,9,18,20-21H2,(H2,19,23). The molecule has 7 nitrogen and oxygen atoms in total. The van der Waals surface area contributed by atoms with E-state index in [1.54, 1.807) is 6.20 Å². The van der Waals surface area contributed by atoms with Gasteiger partial charge in [-0.05, 0) is 46.7 Å². The number of benzene rings is 2. The zero-order valence-electron chi connectivity index (χ0n) is 13.4. The number of hydrazine groups is 1. The Balaban J connectivity index is 2.23. The second-order valence-corrected chi connectivity index (χ2v) is 6.00. The van der Waals surface area contributed by atoms with E-state index in [1.165, 1.54) is 0 Å². The number of fused-ring (bicyclic) bond motifs is 1. The molecule has 0 aliphatic carbocycles. The van der Waals surface area contributed by atoms with Crippen LogP contribution in [0.4, 0.5) is 0 Å². The number of aromatic nitrogens is 1. The molecular formula is C17H19N7S. The third-order valence-corrected chi connectivity index (χ3v) is 4.54. The van der Waals surface area contributed by atoms with Crippen molar-refractivity contribution in [2.24, 2.45) is 27.6 Å². The maximum Gasteiger partial charge on any atom is 0.153 e. The Kier molecular flexibility index (Phi) is 5.15. The first-order valence-electron chi connectivity index (χ1n) is 7.56. The summed E-state index contributed by atoms with van der Waals surface area (Å²) < 4.78 is 0. The van der Waals surface area contributed by atoms with Gasteiger partial charge in [0, 0.05) is 28.6 Å². The lowest BCUT2D eigenvalue weighted by molar-refractivity contribution is 0.803. The van der Waals surface area contributed by atoms with Crippen molar-refractivity contribution >= 4 is 28.6 Å². The highest BCUT2D eigenvalue weighted by Crippen LogP contribution is 2.32. The maximum absolute atomic E-state index is 6.09. The number of rotatable bonds is 5. The molecule has 25 heavy (non-hydrogen) atoms. The molecule has 3 rings (SSSR count). The molecule has 1 heterocycles. The molecule has 8 heteroatoms. The van der Waals surface area contributed by atoms with Crippen LogP contribution >= 0.6 is 11.9 Å². The Bertz CT molecular complexity index is 939. The molecule has 0 saturated carbocycles. The third kappa shape index (κ3) is 3.28. The minimum atomic E-state index is 0.267. The first kappa shape index (κ1) is 17.2. The van der Waals surface area contributed by atoms with Gasteiger partial charge in [0.15, 0.2) is 5.84 Å². The number of nitrogens with one attached hydrogen (secondary N) is 1. The third-order valence-electron chi connectivity index (χ3n) is 3.95. The van der Waals surface area contributed by atoms with E-state index >= 15 is 0 Å². The number of hydrogen-bond acceptors (Lipinski definition) is 7. The molecule has 0 aliphatic heterocycles. The fourth-order valence-corrected chi connectivity index (χ4v) is 3.32. The van der Waals surface area contributed by atoms with Gasteiger partial charge in [0.1, 0.15) is 0 Å². The zero-order chi connectivity index (χ0) is 17.8. The molecule has 0 bridgehead atoms. The van der Waals surface area contributed by atoms with Crippen LogP contribution in [0.1, 0.15) is 11.3 Å². The molecular weight excluding hydrogens is 334 g/mol. The van der Waals surface area contributed by atoms with Crippen molar-refractivity contribution < 1.29 is 0 Å². The SMILES string of the molecule is NCc1nccc2cc(-c3cccc(SN)c3/C(N)=N/NN)ccc12. The van der Waals surface area contributed by atoms with Gasteiger partial charge in [0.25, 0.3) is 0 Å². The lowest BCUT2D eigenvalue weighted by atomic mass is 9.96. The number of nitrogens with two attached hydrogens (primary N) is 4. The molecule has 0 saturated heterocycles. The number of amidine groups is 1. The average Bonchev–Trinajstić information content (AvgIpc) is 2.66. The fourth-order valence-electron chi connectivity index (χ4n) is 2.83. The normalized spacial score (nSPS) is 11.7. The summed E-state index contributed by atoms with van der Waals surface area (Å²) in [5, 5.41) is 11.8. The van der Waals surface area contributed by atoms with Crippen molar-refractivity contribution in [3.8, 4) is 11.1 Å². The Morgan fingerprint density at radius 1 is 1.20 bits per heavy atom. The number of hydrogen-bond donors (Lipinski definition) is 5. The zero-order valence-corrected chi connectivity index (χ0v) is 14.3. The lowest BCUT2D eigenvalue weighted by Crippen LogP contribution is -2.24. The van der Waals surface area contributed by atoms with Gasteiger partial charge in [-0.15, -0.1) is 5.10 Å². The molecule has 0 unspecified atom stereocenters. The minimum absolute atomic E-state index is 0.267. The Labute approximate surface area is 149 Å². The molecule has 0 fully saturated rings. The summed E-state index contributed by atoms with van der Waals surface area (Å²) in [6.45, 7) is 0.392. The van der Waals surface area contributed by atoms with E-state index in [9.17, 15) is 0 Å². The van der Waals surface area contributed by atoms with Crippen molar-refractivity contribution in [3.05, 3.63) is 59.9 Å². The predicted molar refractivity (Wildman–Crippen MR) is 103 cm³/mol. The summed E-state index contributed by atoms with van der Waals surface area (Å²) in [4.78, 5) is 5.13. The Hall–Kier alpha value is -2.65. The van der Waals surface area contributed by atoms with Crippen LogP contribution in [-0.4, -0.2) is 10.8 Å². The second kappa shape index (κ2) is 7.49. The number of nitrogens with zero attached hydrogens (tertiary/aromatic N) is 2. The molecule has 0 atom stereocenters. The van der Waals surface area contributed by atoms with Crippen LogP contribution in [0.15, 0.2) is 58.7 Å². The summed E-state index contributed by atoms with van der Waals surface area (Å²) in [6.07, 6.45) is 1.76. The average molecular weight is 353 g/mol. The van der Waals surface area contributed by atoms with Crippen molar-refractivity contribution in [3.63, 3.8) is 0 Å². The van der Waals surface area contributed by atoms with Crippen LogP contribution in [-0.2, 0) is 6.54 Å². The summed E-state index contributed by atoms with van der Waals surface area (Å²) in [7, 11) is 0. The highest BCUT2D eigenvalue weighted by molar-refractivity contribution is 7.97. The topological polar surface area (TPSA) is 141 Å². The van der Waals surface area contributed by atoms with Gasteiger partial charge >= 0.3 is 0 Å². The molecule has 2 aromatic carbocycles. The molecule has 128 valence electrons. The van der Waals surface area contributed by atoms with E-state index in [4.69, 9.17) is 22.4 Å². The van der Waals surface area contributed by atoms with Crippen LogP contribution in [0.5, 0.6) is 0 Å². The summed E-state index contributed by atoms with van der Waals surface area (Å²) in [5.74, 6) is 5.55. The van der Waals surface area contributed by atoms with Crippen molar-refractivity contribution in [1.29, 1.82) is 0 Å². The van der Waals surface area contributed by atoms with Gasteiger partial charge in [0.05, 0.1) is 5.69 Å². The van der Waals surface area contributed by atoms with Gasteiger partial charge in [-0.3, -0.25) is 10.1 Å². The molecule has 0 radical (unpaired) electrons. The largest absolute Gasteiger partial charge is 0.382 e. The highest BCUT2D eigenvalue weighted by atomic mass is 32.2. The minimum Gasteiger partial charge on any atom is -0.382 e. The fraction of sp³-hybridized carbons (Fsp3) is 0.0588. The van der Waals surface area contributed by atoms with Crippen molar-refractivity contribution in [2.75, 3.05) is 0 Å². The summed E-state index contributed by atoms with van der Waals surface area (Å²) in [5.41, 5.74) is 17.6. The van der Waals surface area contributed by atoms with Crippen LogP contribution in [0.3, 0.4) is 0 Å². The monoisotopic (exact) mass is 353 g/mol. The van der Waals surface area contributed by atoms with Gasteiger partial charge in [-0.25, -0.2) is 11.4 Å². The number of pyridine rings is 1. The van der Waals surface area contributed by atoms with Crippen LogP contribution in [0, 0.1) is 0 Å².